The molecule has 1 rings (SSSR count). The molecule has 0 bridgehead atoms. The summed E-state index contributed by atoms with van der Waals surface area (Å²) >= 11 is 7.08. The lowest BCUT2D eigenvalue weighted by Gasteiger charge is -2.08. The number of halogens is 1. The minimum absolute atomic E-state index is 0.0392. The molecular weight excluding hydrogens is 262 g/mol. The number of hydrogen-bond acceptors (Lipinski definition) is 5. The number of aromatic nitrogens is 2. The van der Waals surface area contributed by atoms with Crippen molar-refractivity contribution in [2.75, 3.05) is 5.75 Å². The molecule has 1 unspecified atom stereocenters. The smallest absolute Gasteiger partial charge is 0.258 e. The van der Waals surface area contributed by atoms with Crippen molar-refractivity contribution in [2.24, 2.45) is 5.92 Å². The van der Waals surface area contributed by atoms with Crippen molar-refractivity contribution in [2.45, 2.75) is 32.2 Å². The number of hydrogen-bond donors (Lipinski definition) is 0. The van der Waals surface area contributed by atoms with E-state index in [4.69, 9.17) is 11.6 Å². The SMILES string of the molecule is CCC(C)CSc1nc(Cl)nc(C)c1[N+](=O)[O-]. The molecule has 17 heavy (non-hydrogen) atoms. The van der Waals surface area contributed by atoms with Crippen LogP contribution in [0.5, 0.6) is 0 Å². The molecule has 1 atom stereocenters. The molecule has 1 heterocycles. The van der Waals surface area contributed by atoms with Crippen LogP contribution in [-0.4, -0.2) is 20.6 Å². The maximum atomic E-state index is 10.9. The van der Waals surface area contributed by atoms with E-state index in [9.17, 15) is 10.1 Å². The highest BCUT2D eigenvalue weighted by atomic mass is 35.5. The van der Waals surface area contributed by atoms with Gasteiger partial charge in [-0.05, 0) is 24.4 Å². The third-order valence-electron chi connectivity index (χ3n) is 2.38. The Morgan fingerprint density at radius 2 is 2.18 bits per heavy atom. The van der Waals surface area contributed by atoms with E-state index in [1.807, 2.05) is 0 Å². The Hall–Kier alpha value is -0.880. The van der Waals surface area contributed by atoms with Crippen molar-refractivity contribution in [1.82, 2.24) is 9.97 Å². The molecule has 0 aromatic carbocycles. The van der Waals surface area contributed by atoms with Crippen LogP contribution in [0.15, 0.2) is 5.03 Å². The summed E-state index contributed by atoms with van der Waals surface area (Å²) < 4.78 is 0. The standard InChI is InChI=1S/C10H14ClN3O2S/c1-4-6(2)5-17-9-8(14(15)16)7(3)12-10(11)13-9/h6H,4-5H2,1-3H3. The first kappa shape index (κ1) is 14.2. The third kappa shape index (κ3) is 3.81. The van der Waals surface area contributed by atoms with Crippen LogP contribution >= 0.6 is 23.4 Å². The van der Waals surface area contributed by atoms with Crippen molar-refractivity contribution in [3.63, 3.8) is 0 Å². The second-order valence-corrected chi connectivity index (χ2v) is 5.16. The Morgan fingerprint density at radius 3 is 2.71 bits per heavy atom. The summed E-state index contributed by atoms with van der Waals surface area (Å²) in [6.45, 7) is 5.74. The fraction of sp³-hybridized carbons (Fsp3) is 0.600. The maximum absolute atomic E-state index is 10.9. The van der Waals surface area contributed by atoms with Crippen LogP contribution in [0, 0.1) is 23.0 Å². The van der Waals surface area contributed by atoms with Gasteiger partial charge in [-0.2, -0.15) is 0 Å². The molecule has 0 aliphatic carbocycles. The van der Waals surface area contributed by atoms with Gasteiger partial charge < -0.3 is 0 Å². The van der Waals surface area contributed by atoms with E-state index in [1.54, 1.807) is 6.92 Å². The topological polar surface area (TPSA) is 68.9 Å². The summed E-state index contributed by atoms with van der Waals surface area (Å²) in [6, 6.07) is 0. The van der Waals surface area contributed by atoms with E-state index in [0.29, 0.717) is 16.6 Å². The van der Waals surface area contributed by atoms with Crippen molar-refractivity contribution >= 4 is 29.1 Å². The van der Waals surface area contributed by atoms with Gasteiger partial charge in [-0.25, -0.2) is 9.97 Å². The molecule has 0 fully saturated rings. The molecule has 94 valence electrons. The van der Waals surface area contributed by atoms with Gasteiger partial charge in [0.2, 0.25) is 5.28 Å². The van der Waals surface area contributed by atoms with Gasteiger partial charge in [-0.3, -0.25) is 10.1 Å². The highest BCUT2D eigenvalue weighted by molar-refractivity contribution is 7.99. The predicted octanol–water partition coefficient (Wildman–Crippen LogP) is 3.48. The highest BCUT2D eigenvalue weighted by Gasteiger charge is 2.22. The van der Waals surface area contributed by atoms with Crippen molar-refractivity contribution in [3.05, 3.63) is 21.1 Å². The molecule has 0 saturated carbocycles. The predicted molar refractivity (Wildman–Crippen MR) is 68.6 cm³/mol. The Labute approximate surface area is 109 Å². The van der Waals surface area contributed by atoms with Crippen LogP contribution in [0.25, 0.3) is 0 Å². The molecule has 0 saturated heterocycles. The van der Waals surface area contributed by atoms with E-state index in [0.717, 1.165) is 12.2 Å². The number of nitrogens with zero attached hydrogens (tertiary/aromatic N) is 3. The summed E-state index contributed by atoms with van der Waals surface area (Å²) in [5.74, 6) is 1.26. The Balaban J connectivity index is 3.00. The maximum Gasteiger partial charge on any atom is 0.322 e. The number of aryl methyl sites for hydroxylation is 1. The summed E-state index contributed by atoms with van der Waals surface area (Å²) in [7, 11) is 0. The Bertz CT molecular complexity index is 428. The van der Waals surface area contributed by atoms with E-state index in [-0.39, 0.29) is 11.0 Å². The lowest BCUT2D eigenvalue weighted by Crippen LogP contribution is -2.02. The molecule has 0 spiro atoms. The zero-order valence-corrected chi connectivity index (χ0v) is 11.5. The van der Waals surface area contributed by atoms with Crippen LogP contribution in [0.3, 0.4) is 0 Å². The first-order valence-corrected chi connectivity index (χ1v) is 6.63. The molecule has 0 amide bonds. The van der Waals surface area contributed by atoms with Crippen molar-refractivity contribution in [1.29, 1.82) is 0 Å². The van der Waals surface area contributed by atoms with E-state index in [2.05, 4.69) is 23.8 Å². The Kier molecular flexibility index (Phi) is 5.14. The van der Waals surface area contributed by atoms with Gasteiger partial charge in [0.25, 0.3) is 0 Å². The molecule has 5 nitrogen and oxygen atoms in total. The zero-order chi connectivity index (χ0) is 13.0. The quantitative estimate of drug-likeness (QED) is 0.270. The fourth-order valence-corrected chi connectivity index (χ4v) is 2.61. The van der Waals surface area contributed by atoms with Crippen LogP contribution in [-0.2, 0) is 0 Å². The number of rotatable bonds is 5. The van der Waals surface area contributed by atoms with E-state index >= 15 is 0 Å². The van der Waals surface area contributed by atoms with Crippen molar-refractivity contribution in [3.8, 4) is 0 Å². The molecule has 1 aromatic rings. The number of thioether (sulfide) groups is 1. The van der Waals surface area contributed by atoms with Crippen LogP contribution in [0.1, 0.15) is 26.0 Å². The largest absolute Gasteiger partial charge is 0.322 e. The molecule has 0 aliphatic rings. The minimum atomic E-state index is -0.454. The van der Waals surface area contributed by atoms with Gasteiger partial charge >= 0.3 is 5.69 Å². The first-order valence-electron chi connectivity index (χ1n) is 5.27. The monoisotopic (exact) mass is 275 g/mol. The summed E-state index contributed by atoms with van der Waals surface area (Å²) in [6.07, 6.45) is 1.03. The lowest BCUT2D eigenvalue weighted by molar-refractivity contribution is -0.389. The van der Waals surface area contributed by atoms with Gasteiger partial charge in [-0.15, -0.1) is 0 Å². The average molecular weight is 276 g/mol. The van der Waals surface area contributed by atoms with Crippen molar-refractivity contribution < 1.29 is 4.92 Å². The fourth-order valence-electron chi connectivity index (χ4n) is 1.16. The minimum Gasteiger partial charge on any atom is -0.258 e. The molecule has 0 N–H and O–H groups in total. The zero-order valence-electron chi connectivity index (χ0n) is 9.94. The second-order valence-electron chi connectivity index (χ2n) is 3.81. The first-order chi connectivity index (χ1) is 7.95. The van der Waals surface area contributed by atoms with E-state index in [1.165, 1.54) is 11.8 Å². The van der Waals surface area contributed by atoms with Crippen LogP contribution < -0.4 is 0 Å². The van der Waals surface area contributed by atoms with Gasteiger partial charge in [-0.1, -0.05) is 32.0 Å². The van der Waals surface area contributed by atoms with Gasteiger partial charge in [0.05, 0.1) is 4.92 Å². The molecule has 1 aromatic heterocycles. The highest BCUT2D eigenvalue weighted by Crippen LogP contribution is 2.31. The van der Waals surface area contributed by atoms with Gasteiger partial charge in [0.15, 0.2) is 5.03 Å². The summed E-state index contributed by atoms with van der Waals surface area (Å²) in [5.41, 5.74) is 0.268. The molecule has 7 heteroatoms. The molecular formula is C10H14ClN3O2S. The number of nitro groups is 1. The second kappa shape index (κ2) is 6.16. The Morgan fingerprint density at radius 1 is 1.53 bits per heavy atom. The van der Waals surface area contributed by atoms with Gasteiger partial charge in [0.1, 0.15) is 5.69 Å². The summed E-state index contributed by atoms with van der Waals surface area (Å²) in [5, 5.41) is 11.3. The molecule has 0 aliphatic heterocycles. The third-order valence-corrected chi connectivity index (χ3v) is 3.85. The normalized spacial score (nSPS) is 12.5. The van der Waals surface area contributed by atoms with Crippen LogP contribution in [0.2, 0.25) is 5.28 Å². The van der Waals surface area contributed by atoms with E-state index < -0.39 is 4.92 Å². The average Bonchev–Trinajstić information content (AvgIpc) is 2.24. The van der Waals surface area contributed by atoms with Crippen LogP contribution in [0.4, 0.5) is 5.69 Å². The lowest BCUT2D eigenvalue weighted by atomic mass is 10.2. The summed E-state index contributed by atoms with van der Waals surface area (Å²) in [4.78, 5) is 18.2. The van der Waals surface area contributed by atoms with Gasteiger partial charge in [0, 0.05) is 5.75 Å². The molecule has 0 radical (unpaired) electrons.